The molecule has 0 saturated heterocycles. The van der Waals surface area contributed by atoms with E-state index in [1.807, 2.05) is 0 Å². The number of esters is 1. The second kappa shape index (κ2) is 7.21. The van der Waals surface area contributed by atoms with Crippen molar-refractivity contribution in [2.24, 2.45) is 0 Å². The van der Waals surface area contributed by atoms with Crippen LogP contribution in [0.5, 0.6) is 0 Å². The van der Waals surface area contributed by atoms with E-state index in [0.717, 1.165) is 0 Å². The fourth-order valence-electron chi connectivity index (χ4n) is 1.41. The molecule has 0 saturated carbocycles. The van der Waals surface area contributed by atoms with Crippen molar-refractivity contribution in [3.05, 3.63) is 42.7 Å². The second-order valence-electron chi connectivity index (χ2n) is 3.52. The number of hydrogen-bond donors (Lipinski definition) is 0. The second-order valence-corrected chi connectivity index (χ2v) is 3.52. The van der Waals surface area contributed by atoms with Gasteiger partial charge < -0.3 is 9.64 Å². The van der Waals surface area contributed by atoms with E-state index in [1.165, 1.54) is 17.3 Å². The Labute approximate surface area is 106 Å². The van der Waals surface area contributed by atoms with Crippen molar-refractivity contribution >= 4 is 11.9 Å². The summed E-state index contributed by atoms with van der Waals surface area (Å²) in [6.07, 6.45) is 4.63. The predicted octanol–water partition coefficient (Wildman–Crippen LogP) is 1.27. The van der Waals surface area contributed by atoms with Gasteiger partial charge in [-0.25, -0.2) is 0 Å². The molecule has 1 aromatic heterocycles. The molecule has 18 heavy (non-hydrogen) atoms. The maximum absolute atomic E-state index is 12.1. The topological polar surface area (TPSA) is 59.5 Å². The average Bonchev–Trinajstić information content (AvgIpc) is 2.39. The number of pyridine rings is 1. The van der Waals surface area contributed by atoms with Gasteiger partial charge in [0.15, 0.2) is 0 Å². The van der Waals surface area contributed by atoms with Crippen LogP contribution in [0.25, 0.3) is 0 Å². The zero-order valence-electron chi connectivity index (χ0n) is 10.3. The molecule has 1 rings (SSSR count). The summed E-state index contributed by atoms with van der Waals surface area (Å²) >= 11 is 0. The van der Waals surface area contributed by atoms with Crippen molar-refractivity contribution < 1.29 is 14.3 Å². The molecule has 0 fully saturated rings. The van der Waals surface area contributed by atoms with E-state index in [4.69, 9.17) is 4.74 Å². The number of amides is 1. The summed E-state index contributed by atoms with van der Waals surface area (Å²) < 4.78 is 4.83. The third-order valence-corrected chi connectivity index (χ3v) is 2.19. The molecule has 1 amide bonds. The van der Waals surface area contributed by atoms with Gasteiger partial charge in [-0.3, -0.25) is 14.6 Å². The molecule has 0 atom stereocenters. The quantitative estimate of drug-likeness (QED) is 0.562. The Morgan fingerprint density at radius 3 is 2.67 bits per heavy atom. The number of hydrogen-bond acceptors (Lipinski definition) is 4. The van der Waals surface area contributed by atoms with Crippen LogP contribution in [0.15, 0.2) is 37.2 Å². The molecule has 0 bridgehead atoms. The molecule has 1 aromatic rings. The number of nitrogens with zero attached hydrogens (tertiary/aromatic N) is 2. The summed E-state index contributed by atoms with van der Waals surface area (Å²) in [7, 11) is 0. The van der Waals surface area contributed by atoms with Gasteiger partial charge in [-0.1, -0.05) is 6.08 Å². The largest absolute Gasteiger partial charge is 0.465 e. The van der Waals surface area contributed by atoms with Crippen molar-refractivity contribution in [3.8, 4) is 0 Å². The van der Waals surface area contributed by atoms with E-state index in [0.29, 0.717) is 18.7 Å². The minimum Gasteiger partial charge on any atom is -0.465 e. The van der Waals surface area contributed by atoms with E-state index >= 15 is 0 Å². The summed E-state index contributed by atoms with van der Waals surface area (Å²) in [5.74, 6) is -0.674. The Morgan fingerprint density at radius 1 is 1.44 bits per heavy atom. The summed E-state index contributed by atoms with van der Waals surface area (Å²) in [5, 5.41) is 0. The smallest absolute Gasteiger partial charge is 0.325 e. The first-order valence-corrected chi connectivity index (χ1v) is 5.64. The highest BCUT2D eigenvalue weighted by molar-refractivity contribution is 5.95. The lowest BCUT2D eigenvalue weighted by Crippen LogP contribution is -2.36. The monoisotopic (exact) mass is 248 g/mol. The fraction of sp³-hybridized carbons (Fsp3) is 0.308. The van der Waals surface area contributed by atoms with Crippen LogP contribution < -0.4 is 0 Å². The van der Waals surface area contributed by atoms with Gasteiger partial charge >= 0.3 is 5.97 Å². The number of aromatic nitrogens is 1. The minimum atomic E-state index is -0.429. The van der Waals surface area contributed by atoms with E-state index in [1.54, 1.807) is 25.1 Å². The normalized spacial score (nSPS) is 9.61. The van der Waals surface area contributed by atoms with Gasteiger partial charge in [0.05, 0.1) is 6.61 Å². The Morgan fingerprint density at radius 2 is 2.11 bits per heavy atom. The number of rotatable bonds is 6. The maximum atomic E-state index is 12.1. The molecule has 0 radical (unpaired) electrons. The van der Waals surface area contributed by atoms with E-state index in [2.05, 4.69) is 11.6 Å². The van der Waals surface area contributed by atoms with E-state index < -0.39 is 5.97 Å². The van der Waals surface area contributed by atoms with Crippen molar-refractivity contribution in [2.75, 3.05) is 19.7 Å². The molecular weight excluding hydrogens is 232 g/mol. The van der Waals surface area contributed by atoms with Gasteiger partial charge in [0, 0.05) is 24.5 Å². The minimum absolute atomic E-state index is 0.0823. The molecule has 0 aliphatic heterocycles. The van der Waals surface area contributed by atoms with Crippen LogP contribution in [0.3, 0.4) is 0 Å². The number of ether oxygens (including phenoxy) is 1. The van der Waals surface area contributed by atoms with Gasteiger partial charge in [0.1, 0.15) is 6.54 Å². The van der Waals surface area contributed by atoms with Crippen LogP contribution in [0.4, 0.5) is 0 Å². The third kappa shape index (κ3) is 4.01. The Hall–Kier alpha value is -2.17. The van der Waals surface area contributed by atoms with E-state index in [-0.39, 0.29) is 12.5 Å². The lowest BCUT2D eigenvalue weighted by molar-refractivity contribution is -0.143. The van der Waals surface area contributed by atoms with Gasteiger partial charge in [0.2, 0.25) is 0 Å². The van der Waals surface area contributed by atoms with Crippen LogP contribution in [0.1, 0.15) is 17.3 Å². The highest BCUT2D eigenvalue weighted by Crippen LogP contribution is 2.04. The molecule has 1 heterocycles. The Kier molecular flexibility index (Phi) is 5.57. The summed E-state index contributed by atoms with van der Waals surface area (Å²) in [6.45, 7) is 5.80. The molecular formula is C13H16N2O3. The van der Waals surface area contributed by atoms with Crippen molar-refractivity contribution in [1.29, 1.82) is 0 Å². The molecule has 0 spiro atoms. The van der Waals surface area contributed by atoms with Crippen molar-refractivity contribution in [1.82, 2.24) is 9.88 Å². The van der Waals surface area contributed by atoms with Gasteiger partial charge in [0.25, 0.3) is 5.91 Å². The SMILES string of the molecule is C=CCN(CC(=O)OCC)C(=O)c1ccncc1. The van der Waals surface area contributed by atoms with Gasteiger partial charge in [-0.05, 0) is 19.1 Å². The Balaban J connectivity index is 2.75. The Bertz CT molecular complexity index is 418. The molecule has 0 N–H and O–H groups in total. The van der Waals surface area contributed by atoms with Crippen LogP contribution in [-0.4, -0.2) is 41.5 Å². The first-order valence-electron chi connectivity index (χ1n) is 5.64. The fourth-order valence-corrected chi connectivity index (χ4v) is 1.41. The molecule has 0 aliphatic carbocycles. The van der Waals surface area contributed by atoms with Crippen LogP contribution in [0.2, 0.25) is 0 Å². The van der Waals surface area contributed by atoms with Crippen LogP contribution in [-0.2, 0) is 9.53 Å². The zero-order valence-corrected chi connectivity index (χ0v) is 10.3. The molecule has 0 aliphatic rings. The van der Waals surface area contributed by atoms with E-state index in [9.17, 15) is 9.59 Å². The zero-order chi connectivity index (χ0) is 13.4. The molecule has 5 nitrogen and oxygen atoms in total. The number of carbonyl (C=O) groups is 2. The highest BCUT2D eigenvalue weighted by Gasteiger charge is 2.18. The number of carbonyl (C=O) groups excluding carboxylic acids is 2. The predicted molar refractivity (Wildman–Crippen MR) is 67.0 cm³/mol. The third-order valence-electron chi connectivity index (χ3n) is 2.19. The first kappa shape index (κ1) is 13.9. The van der Waals surface area contributed by atoms with Crippen LogP contribution in [0, 0.1) is 0 Å². The summed E-state index contributed by atoms with van der Waals surface area (Å²) in [4.78, 5) is 28.7. The van der Waals surface area contributed by atoms with Crippen molar-refractivity contribution in [3.63, 3.8) is 0 Å². The molecule has 96 valence electrons. The van der Waals surface area contributed by atoms with Gasteiger partial charge in [-0.2, -0.15) is 0 Å². The average molecular weight is 248 g/mol. The molecule has 0 unspecified atom stereocenters. The summed E-state index contributed by atoms with van der Waals surface area (Å²) in [6, 6.07) is 3.20. The highest BCUT2D eigenvalue weighted by atomic mass is 16.5. The maximum Gasteiger partial charge on any atom is 0.325 e. The standard InChI is InChI=1S/C13H16N2O3/c1-3-9-15(10-12(16)18-4-2)13(17)11-5-7-14-8-6-11/h3,5-8H,1,4,9-10H2,2H3. The van der Waals surface area contributed by atoms with Gasteiger partial charge in [-0.15, -0.1) is 6.58 Å². The lowest BCUT2D eigenvalue weighted by atomic mass is 10.2. The van der Waals surface area contributed by atoms with Crippen LogP contribution >= 0.6 is 0 Å². The molecule has 0 aromatic carbocycles. The molecule has 5 heteroatoms. The summed E-state index contributed by atoms with van der Waals surface area (Å²) in [5.41, 5.74) is 0.483. The first-order chi connectivity index (χ1) is 8.69. The van der Waals surface area contributed by atoms with Crippen molar-refractivity contribution in [2.45, 2.75) is 6.92 Å². The lowest BCUT2D eigenvalue weighted by Gasteiger charge is -2.19.